The van der Waals surface area contributed by atoms with E-state index in [-0.39, 0.29) is 6.04 Å². The van der Waals surface area contributed by atoms with Gasteiger partial charge in [0.15, 0.2) is 0 Å². The summed E-state index contributed by atoms with van der Waals surface area (Å²) in [5, 5.41) is 3.30. The van der Waals surface area contributed by atoms with Crippen LogP contribution in [0.3, 0.4) is 0 Å². The molecule has 0 spiro atoms. The van der Waals surface area contributed by atoms with E-state index in [9.17, 15) is 0 Å². The first-order valence-electron chi connectivity index (χ1n) is 5.47. The molecule has 0 saturated heterocycles. The van der Waals surface area contributed by atoms with Gasteiger partial charge in [-0.3, -0.25) is 0 Å². The molecule has 1 unspecified atom stereocenters. The van der Waals surface area contributed by atoms with E-state index in [0.717, 1.165) is 30.8 Å². The van der Waals surface area contributed by atoms with Gasteiger partial charge in [0.25, 0.3) is 0 Å². The summed E-state index contributed by atoms with van der Waals surface area (Å²) in [5.74, 6) is 1.10. The predicted molar refractivity (Wildman–Crippen MR) is 74.3 cm³/mol. The largest absolute Gasteiger partial charge is 0.323 e. The molecule has 1 aromatic rings. The molecule has 5 heteroatoms. The van der Waals surface area contributed by atoms with Crippen LogP contribution in [0.1, 0.15) is 23.2 Å². The molecule has 0 aliphatic rings. The van der Waals surface area contributed by atoms with E-state index in [4.69, 9.17) is 5.73 Å². The standard InChI is InChI=1S/C11H21N3S2/c1-14(2)6-4-11-13-10(8-16-11)9(12)5-7-15-3/h8-9H,4-7,12H2,1-3H3. The number of thiazole rings is 1. The van der Waals surface area contributed by atoms with Crippen molar-refractivity contribution in [2.75, 3.05) is 32.6 Å². The van der Waals surface area contributed by atoms with Gasteiger partial charge >= 0.3 is 0 Å². The molecule has 0 aliphatic carbocycles. The number of thioether (sulfide) groups is 1. The Morgan fingerprint density at radius 3 is 2.94 bits per heavy atom. The van der Waals surface area contributed by atoms with Crippen LogP contribution in [-0.2, 0) is 6.42 Å². The highest BCUT2D eigenvalue weighted by Crippen LogP contribution is 2.19. The molecule has 3 nitrogen and oxygen atoms in total. The van der Waals surface area contributed by atoms with Crippen molar-refractivity contribution in [2.24, 2.45) is 5.73 Å². The summed E-state index contributed by atoms with van der Waals surface area (Å²) in [7, 11) is 4.16. The van der Waals surface area contributed by atoms with Crippen LogP contribution in [0.2, 0.25) is 0 Å². The van der Waals surface area contributed by atoms with E-state index in [1.807, 2.05) is 11.8 Å². The lowest BCUT2D eigenvalue weighted by Crippen LogP contribution is -2.15. The van der Waals surface area contributed by atoms with Crippen molar-refractivity contribution in [1.82, 2.24) is 9.88 Å². The van der Waals surface area contributed by atoms with Crippen molar-refractivity contribution in [3.05, 3.63) is 16.1 Å². The molecule has 0 fully saturated rings. The van der Waals surface area contributed by atoms with Crippen LogP contribution in [0.15, 0.2) is 5.38 Å². The van der Waals surface area contributed by atoms with E-state index in [1.54, 1.807) is 11.3 Å². The van der Waals surface area contributed by atoms with Crippen molar-refractivity contribution in [3.63, 3.8) is 0 Å². The maximum Gasteiger partial charge on any atom is 0.0941 e. The molecule has 0 amide bonds. The molecule has 92 valence electrons. The molecule has 1 atom stereocenters. The molecule has 0 aromatic carbocycles. The molecule has 2 N–H and O–H groups in total. The van der Waals surface area contributed by atoms with Gasteiger partial charge in [-0.05, 0) is 32.5 Å². The van der Waals surface area contributed by atoms with Crippen LogP contribution in [0, 0.1) is 0 Å². The van der Waals surface area contributed by atoms with Gasteiger partial charge in [0.1, 0.15) is 0 Å². The van der Waals surface area contributed by atoms with Gasteiger partial charge in [-0.25, -0.2) is 4.98 Å². The lowest BCUT2D eigenvalue weighted by molar-refractivity contribution is 0.413. The lowest BCUT2D eigenvalue weighted by Gasteiger charge is -2.08. The normalized spacial score (nSPS) is 13.3. The number of rotatable bonds is 7. The number of hydrogen-bond donors (Lipinski definition) is 1. The Morgan fingerprint density at radius 2 is 2.31 bits per heavy atom. The van der Waals surface area contributed by atoms with Gasteiger partial charge in [-0.15, -0.1) is 11.3 Å². The lowest BCUT2D eigenvalue weighted by atomic mass is 10.2. The summed E-state index contributed by atoms with van der Waals surface area (Å²) in [6.45, 7) is 1.05. The van der Waals surface area contributed by atoms with E-state index in [2.05, 4.69) is 35.6 Å². The molecular formula is C11H21N3S2. The van der Waals surface area contributed by atoms with Crippen LogP contribution in [0.4, 0.5) is 0 Å². The molecule has 0 aliphatic heterocycles. The number of nitrogens with zero attached hydrogens (tertiary/aromatic N) is 2. The molecule has 16 heavy (non-hydrogen) atoms. The fourth-order valence-electron chi connectivity index (χ4n) is 1.32. The second kappa shape index (κ2) is 7.27. The molecule has 0 radical (unpaired) electrons. The Morgan fingerprint density at radius 1 is 1.56 bits per heavy atom. The molecule has 1 heterocycles. The van der Waals surface area contributed by atoms with Crippen molar-refractivity contribution in [3.8, 4) is 0 Å². The number of hydrogen-bond acceptors (Lipinski definition) is 5. The van der Waals surface area contributed by atoms with Crippen LogP contribution in [0.5, 0.6) is 0 Å². The maximum atomic E-state index is 6.07. The average Bonchev–Trinajstić information content (AvgIpc) is 2.71. The van der Waals surface area contributed by atoms with Gasteiger partial charge in [0.2, 0.25) is 0 Å². The van der Waals surface area contributed by atoms with Gasteiger partial charge in [-0.1, -0.05) is 0 Å². The van der Waals surface area contributed by atoms with Crippen LogP contribution >= 0.6 is 23.1 Å². The highest BCUT2D eigenvalue weighted by molar-refractivity contribution is 7.98. The van der Waals surface area contributed by atoms with Gasteiger partial charge < -0.3 is 10.6 Å². The summed E-state index contributed by atoms with van der Waals surface area (Å²) in [4.78, 5) is 6.77. The third-order valence-corrected chi connectivity index (χ3v) is 3.93. The minimum absolute atomic E-state index is 0.108. The molecule has 1 aromatic heterocycles. The van der Waals surface area contributed by atoms with Crippen LogP contribution in [-0.4, -0.2) is 42.5 Å². The van der Waals surface area contributed by atoms with Crippen molar-refractivity contribution in [1.29, 1.82) is 0 Å². The second-order valence-electron chi connectivity index (χ2n) is 4.11. The topological polar surface area (TPSA) is 42.1 Å². The summed E-state index contributed by atoms with van der Waals surface area (Å²) in [6, 6.07) is 0.108. The Kier molecular flexibility index (Phi) is 6.34. The van der Waals surface area contributed by atoms with Crippen molar-refractivity contribution < 1.29 is 0 Å². The quantitative estimate of drug-likeness (QED) is 0.813. The van der Waals surface area contributed by atoms with Gasteiger partial charge in [0, 0.05) is 24.4 Å². The van der Waals surface area contributed by atoms with E-state index in [1.165, 1.54) is 5.01 Å². The molecular weight excluding hydrogens is 238 g/mol. The van der Waals surface area contributed by atoms with Gasteiger partial charge in [0.05, 0.1) is 10.7 Å². The van der Waals surface area contributed by atoms with E-state index < -0.39 is 0 Å². The number of likely N-dealkylation sites (N-methyl/N-ethyl adjacent to an activating group) is 1. The van der Waals surface area contributed by atoms with Crippen molar-refractivity contribution >= 4 is 23.1 Å². The van der Waals surface area contributed by atoms with E-state index >= 15 is 0 Å². The molecule has 0 saturated carbocycles. The Labute approximate surface area is 106 Å². The summed E-state index contributed by atoms with van der Waals surface area (Å²) in [6.07, 6.45) is 4.14. The Balaban J connectivity index is 2.43. The summed E-state index contributed by atoms with van der Waals surface area (Å²) < 4.78 is 0. The smallest absolute Gasteiger partial charge is 0.0941 e. The molecule has 1 rings (SSSR count). The van der Waals surface area contributed by atoms with Crippen molar-refractivity contribution in [2.45, 2.75) is 18.9 Å². The predicted octanol–water partition coefficient (Wildman–Crippen LogP) is 2.00. The summed E-state index contributed by atoms with van der Waals surface area (Å²) >= 11 is 3.56. The highest BCUT2D eigenvalue weighted by Gasteiger charge is 2.10. The monoisotopic (exact) mass is 259 g/mol. The Hall–Kier alpha value is -0.100. The zero-order valence-corrected chi connectivity index (χ0v) is 11.9. The van der Waals surface area contributed by atoms with E-state index in [0.29, 0.717) is 0 Å². The second-order valence-corrected chi connectivity index (χ2v) is 6.04. The fraction of sp³-hybridized carbons (Fsp3) is 0.727. The molecule has 0 bridgehead atoms. The number of nitrogens with two attached hydrogens (primary N) is 1. The fourth-order valence-corrected chi connectivity index (χ4v) is 2.66. The minimum atomic E-state index is 0.108. The van der Waals surface area contributed by atoms with Crippen LogP contribution < -0.4 is 5.73 Å². The van der Waals surface area contributed by atoms with Crippen LogP contribution in [0.25, 0.3) is 0 Å². The highest BCUT2D eigenvalue weighted by atomic mass is 32.2. The first kappa shape index (κ1) is 14.0. The first-order chi connectivity index (χ1) is 7.63. The third kappa shape index (κ3) is 4.82. The first-order valence-corrected chi connectivity index (χ1v) is 7.74. The third-order valence-electron chi connectivity index (χ3n) is 2.36. The zero-order chi connectivity index (χ0) is 12.0. The average molecular weight is 259 g/mol. The number of aromatic nitrogens is 1. The Bertz CT molecular complexity index is 299. The van der Waals surface area contributed by atoms with Gasteiger partial charge in [-0.2, -0.15) is 11.8 Å². The maximum absolute atomic E-state index is 6.07. The summed E-state index contributed by atoms with van der Waals surface area (Å²) in [5.41, 5.74) is 7.13. The minimum Gasteiger partial charge on any atom is -0.323 e. The SMILES string of the molecule is CSCCC(N)c1csc(CCN(C)C)n1. The zero-order valence-electron chi connectivity index (χ0n) is 10.3.